The Kier molecular flexibility index (Phi) is 4.26. The van der Waals surface area contributed by atoms with E-state index in [0.717, 1.165) is 18.2 Å². The predicted molar refractivity (Wildman–Crippen MR) is 86.7 cm³/mol. The Hall–Kier alpha value is -1.80. The van der Waals surface area contributed by atoms with Crippen molar-refractivity contribution in [2.45, 2.75) is 38.3 Å². The van der Waals surface area contributed by atoms with Crippen LogP contribution in [0.3, 0.4) is 0 Å². The van der Waals surface area contributed by atoms with Crippen LogP contribution in [0.25, 0.3) is 0 Å². The van der Waals surface area contributed by atoms with Gasteiger partial charge in [0.25, 0.3) is 0 Å². The van der Waals surface area contributed by atoms with E-state index in [2.05, 4.69) is 48.6 Å². The van der Waals surface area contributed by atoms with Crippen LogP contribution in [0.2, 0.25) is 0 Å². The summed E-state index contributed by atoms with van der Waals surface area (Å²) in [5.74, 6) is 1.72. The molecule has 1 N–H and O–H groups in total. The summed E-state index contributed by atoms with van der Waals surface area (Å²) in [6.45, 7) is 3.12. The van der Waals surface area contributed by atoms with Gasteiger partial charge in [0.2, 0.25) is 0 Å². The first-order valence-corrected chi connectivity index (χ1v) is 7.73. The summed E-state index contributed by atoms with van der Waals surface area (Å²) in [5, 5.41) is 3.63. The van der Waals surface area contributed by atoms with E-state index in [0.29, 0.717) is 6.04 Å². The molecular formula is C19H23NO. The quantitative estimate of drug-likeness (QED) is 0.846. The summed E-state index contributed by atoms with van der Waals surface area (Å²) < 4.78 is 5.30. The number of hydrogen-bond acceptors (Lipinski definition) is 2. The maximum atomic E-state index is 5.30. The third-order valence-corrected chi connectivity index (χ3v) is 4.26. The predicted octanol–water partition coefficient (Wildman–Crippen LogP) is 4.42. The van der Waals surface area contributed by atoms with Crippen LogP contribution in [-0.4, -0.2) is 7.11 Å². The molecule has 0 aromatic heterocycles. The molecule has 0 heterocycles. The van der Waals surface area contributed by atoms with Gasteiger partial charge in [-0.3, -0.25) is 0 Å². The molecule has 1 unspecified atom stereocenters. The van der Waals surface area contributed by atoms with E-state index < -0.39 is 0 Å². The van der Waals surface area contributed by atoms with Crippen LogP contribution in [0.4, 0.5) is 0 Å². The first-order chi connectivity index (χ1) is 10.3. The second-order valence-corrected chi connectivity index (χ2v) is 5.85. The minimum absolute atomic E-state index is 0.312. The summed E-state index contributed by atoms with van der Waals surface area (Å²) in [4.78, 5) is 0. The molecule has 2 aromatic rings. The van der Waals surface area contributed by atoms with Crippen molar-refractivity contribution in [2.24, 2.45) is 0 Å². The first-order valence-electron chi connectivity index (χ1n) is 7.73. The molecule has 3 rings (SSSR count). The van der Waals surface area contributed by atoms with Gasteiger partial charge in [0, 0.05) is 12.6 Å². The zero-order chi connectivity index (χ0) is 14.7. The van der Waals surface area contributed by atoms with Crippen molar-refractivity contribution in [3.8, 4) is 5.75 Å². The van der Waals surface area contributed by atoms with Gasteiger partial charge < -0.3 is 10.1 Å². The summed E-state index contributed by atoms with van der Waals surface area (Å²) >= 11 is 0. The number of methoxy groups -OCH3 is 1. The number of ether oxygens (including phenoxy) is 1. The van der Waals surface area contributed by atoms with E-state index >= 15 is 0 Å². The van der Waals surface area contributed by atoms with Gasteiger partial charge in [-0.1, -0.05) is 36.4 Å². The highest BCUT2D eigenvalue weighted by atomic mass is 16.5. The highest BCUT2D eigenvalue weighted by Gasteiger charge is 2.25. The Bertz CT molecular complexity index is 604. The molecule has 0 radical (unpaired) electrons. The molecule has 0 bridgehead atoms. The molecule has 1 atom stereocenters. The molecular weight excluding hydrogens is 258 g/mol. The number of rotatable bonds is 6. The van der Waals surface area contributed by atoms with Crippen LogP contribution in [-0.2, 0) is 6.54 Å². The zero-order valence-corrected chi connectivity index (χ0v) is 12.8. The first kappa shape index (κ1) is 14.2. The largest absolute Gasteiger partial charge is 0.497 e. The average Bonchev–Trinajstić information content (AvgIpc) is 3.37. The van der Waals surface area contributed by atoms with Crippen molar-refractivity contribution in [1.82, 2.24) is 5.32 Å². The molecule has 1 fully saturated rings. The Morgan fingerprint density at radius 1 is 1.14 bits per heavy atom. The zero-order valence-electron chi connectivity index (χ0n) is 12.8. The third kappa shape index (κ3) is 3.45. The number of hydrogen-bond donors (Lipinski definition) is 1. The van der Waals surface area contributed by atoms with Gasteiger partial charge in [0.05, 0.1) is 7.11 Å². The van der Waals surface area contributed by atoms with Gasteiger partial charge in [-0.15, -0.1) is 0 Å². The maximum absolute atomic E-state index is 5.30. The highest BCUT2D eigenvalue weighted by molar-refractivity contribution is 5.34. The Morgan fingerprint density at radius 3 is 2.71 bits per heavy atom. The van der Waals surface area contributed by atoms with E-state index in [-0.39, 0.29) is 0 Å². The Morgan fingerprint density at radius 2 is 1.95 bits per heavy atom. The van der Waals surface area contributed by atoms with Crippen molar-refractivity contribution in [3.63, 3.8) is 0 Å². The van der Waals surface area contributed by atoms with Crippen LogP contribution in [0.1, 0.15) is 48.4 Å². The van der Waals surface area contributed by atoms with Crippen LogP contribution < -0.4 is 10.1 Å². The molecule has 0 aliphatic heterocycles. The molecule has 0 saturated heterocycles. The fourth-order valence-corrected chi connectivity index (χ4v) is 2.78. The molecule has 1 saturated carbocycles. The van der Waals surface area contributed by atoms with E-state index in [1.165, 1.54) is 29.5 Å². The Labute approximate surface area is 127 Å². The van der Waals surface area contributed by atoms with Gasteiger partial charge in [0.1, 0.15) is 5.75 Å². The summed E-state index contributed by atoms with van der Waals surface area (Å²) in [6, 6.07) is 17.4. The van der Waals surface area contributed by atoms with Crippen molar-refractivity contribution in [3.05, 3.63) is 65.2 Å². The van der Waals surface area contributed by atoms with Gasteiger partial charge in [0.15, 0.2) is 0 Å². The van der Waals surface area contributed by atoms with Crippen molar-refractivity contribution < 1.29 is 4.74 Å². The molecule has 110 valence electrons. The van der Waals surface area contributed by atoms with Crippen LogP contribution in [0, 0.1) is 0 Å². The minimum Gasteiger partial charge on any atom is -0.497 e. The molecule has 2 heteroatoms. The van der Waals surface area contributed by atoms with Gasteiger partial charge in [-0.2, -0.15) is 0 Å². The maximum Gasteiger partial charge on any atom is 0.119 e. The van der Waals surface area contributed by atoms with Crippen molar-refractivity contribution in [2.75, 3.05) is 7.11 Å². The molecule has 0 amide bonds. The Balaban J connectivity index is 1.66. The lowest BCUT2D eigenvalue weighted by Crippen LogP contribution is -2.18. The van der Waals surface area contributed by atoms with Gasteiger partial charge in [-0.25, -0.2) is 0 Å². The third-order valence-electron chi connectivity index (χ3n) is 4.26. The fraction of sp³-hybridized carbons (Fsp3) is 0.368. The summed E-state index contributed by atoms with van der Waals surface area (Å²) in [5.41, 5.74) is 4.23. The minimum atomic E-state index is 0.312. The second-order valence-electron chi connectivity index (χ2n) is 5.85. The lowest BCUT2D eigenvalue weighted by Gasteiger charge is -2.17. The van der Waals surface area contributed by atoms with Crippen molar-refractivity contribution >= 4 is 0 Å². The van der Waals surface area contributed by atoms with Crippen molar-refractivity contribution in [1.29, 1.82) is 0 Å². The topological polar surface area (TPSA) is 21.3 Å². The van der Waals surface area contributed by atoms with Gasteiger partial charge >= 0.3 is 0 Å². The van der Waals surface area contributed by atoms with Gasteiger partial charge in [-0.05, 0) is 54.5 Å². The number of nitrogens with one attached hydrogen (secondary N) is 1. The van der Waals surface area contributed by atoms with E-state index in [1.807, 2.05) is 12.1 Å². The molecule has 21 heavy (non-hydrogen) atoms. The fourth-order valence-electron chi connectivity index (χ4n) is 2.78. The van der Waals surface area contributed by atoms with E-state index in [4.69, 9.17) is 4.74 Å². The molecule has 2 nitrogen and oxygen atoms in total. The lowest BCUT2D eigenvalue weighted by atomic mass is 10.0. The molecule has 2 aromatic carbocycles. The van der Waals surface area contributed by atoms with Crippen LogP contribution in [0.5, 0.6) is 5.75 Å². The standard InChI is InChI=1S/C19H23NO/c1-14(16-7-5-8-18(12-16)21-2)20-13-17-6-3-4-9-19(17)15-10-11-15/h3-9,12,14-15,20H,10-11,13H2,1-2H3. The average molecular weight is 281 g/mol. The van der Waals surface area contributed by atoms with Crippen LogP contribution >= 0.6 is 0 Å². The SMILES string of the molecule is COc1cccc(C(C)NCc2ccccc2C2CC2)c1. The molecule has 1 aliphatic carbocycles. The summed E-state index contributed by atoms with van der Waals surface area (Å²) in [7, 11) is 1.71. The lowest BCUT2D eigenvalue weighted by molar-refractivity contribution is 0.413. The monoisotopic (exact) mass is 281 g/mol. The summed E-state index contributed by atoms with van der Waals surface area (Å²) in [6.07, 6.45) is 2.70. The van der Waals surface area contributed by atoms with E-state index in [9.17, 15) is 0 Å². The highest BCUT2D eigenvalue weighted by Crippen LogP contribution is 2.41. The normalized spacial score (nSPS) is 15.7. The second kappa shape index (κ2) is 6.31. The smallest absolute Gasteiger partial charge is 0.119 e. The molecule has 1 aliphatic rings. The molecule has 0 spiro atoms. The number of benzene rings is 2. The van der Waals surface area contributed by atoms with Crippen LogP contribution in [0.15, 0.2) is 48.5 Å². The van der Waals surface area contributed by atoms with E-state index in [1.54, 1.807) is 7.11 Å².